The van der Waals surface area contributed by atoms with E-state index in [1.165, 1.54) is 6.33 Å². The fourth-order valence-electron chi connectivity index (χ4n) is 4.01. The summed E-state index contributed by atoms with van der Waals surface area (Å²) in [5.74, 6) is -0.327. The van der Waals surface area contributed by atoms with Gasteiger partial charge in [0.05, 0.1) is 28.8 Å². The molecule has 8 nitrogen and oxygen atoms in total. The highest BCUT2D eigenvalue weighted by Gasteiger charge is 2.33. The standard InChI is InChI=1S/C20H22ClFN6O2.ClH/c1-4-30-18-12(6-13(21)17(22)16(18)11-5-14(29)24-7-11)10(3)28-20-15(9(2)27-28)19(23)25-8-26-20;/h6,8,10-11H,4-5,7H2,1-3H3,(H,24,29)(H2,23,25,26);1H/t10-,11?;/m0./s1. The molecule has 1 aliphatic heterocycles. The van der Waals surface area contributed by atoms with Crippen molar-refractivity contribution in [1.82, 2.24) is 25.1 Å². The lowest BCUT2D eigenvalue weighted by molar-refractivity contribution is -0.119. The summed E-state index contributed by atoms with van der Waals surface area (Å²) in [6.45, 7) is 6.21. The number of carbonyl (C=O) groups excluding carboxylic acids is 1. The Balaban J connectivity index is 0.00000272. The zero-order chi connectivity index (χ0) is 21.6. The number of hydrogen-bond donors (Lipinski definition) is 2. The molecule has 0 spiro atoms. The number of halogens is 3. The molecule has 2 aromatic heterocycles. The number of anilines is 1. The number of rotatable bonds is 5. The van der Waals surface area contributed by atoms with Gasteiger partial charge >= 0.3 is 0 Å². The van der Waals surface area contributed by atoms with Crippen molar-refractivity contribution in [3.8, 4) is 5.75 Å². The van der Waals surface area contributed by atoms with Crippen LogP contribution in [0.15, 0.2) is 12.4 Å². The Bertz CT molecular complexity index is 1150. The molecular weight excluding hydrogens is 446 g/mol. The van der Waals surface area contributed by atoms with E-state index < -0.39 is 5.82 Å². The summed E-state index contributed by atoms with van der Waals surface area (Å²) in [5.41, 5.74) is 8.23. The molecule has 1 saturated heterocycles. The first-order valence-electron chi connectivity index (χ1n) is 9.70. The van der Waals surface area contributed by atoms with Crippen LogP contribution in [0.25, 0.3) is 11.0 Å². The molecule has 166 valence electrons. The van der Waals surface area contributed by atoms with Crippen molar-refractivity contribution in [2.75, 3.05) is 18.9 Å². The number of nitrogen functional groups attached to an aromatic ring is 1. The second-order valence-electron chi connectivity index (χ2n) is 7.31. The van der Waals surface area contributed by atoms with Crippen LogP contribution in [0.2, 0.25) is 5.02 Å². The van der Waals surface area contributed by atoms with Crippen LogP contribution in [0.3, 0.4) is 0 Å². The lowest BCUT2D eigenvalue weighted by atomic mass is 9.92. The van der Waals surface area contributed by atoms with Crippen LogP contribution in [0.4, 0.5) is 10.2 Å². The minimum atomic E-state index is -0.564. The molecule has 3 N–H and O–H groups in total. The number of amides is 1. The lowest BCUT2D eigenvalue weighted by Gasteiger charge is -2.23. The smallest absolute Gasteiger partial charge is 0.220 e. The number of nitrogens with two attached hydrogens (primary N) is 1. The quantitative estimate of drug-likeness (QED) is 0.592. The highest BCUT2D eigenvalue weighted by molar-refractivity contribution is 6.31. The lowest BCUT2D eigenvalue weighted by Crippen LogP contribution is -2.16. The van der Waals surface area contributed by atoms with Gasteiger partial charge in [-0.2, -0.15) is 5.10 Å². The maximum Gasteiger partial charge on any atom is 0.220 e. The number of hydrogen-bond acceptors (Lipinski definition) is 6. The predicted molar refractivity (Wildman–Crippen MR) is 118 cm³/mol. The summed E-state index contributed by atoms with van der Waals surface area (Å²) < 4.78 is 22.7. The second kappa shape index (κ2) is 8.84. The summed E-state index contributed by atoms with van der Waals surface area (Å²) in [5, 5.41) is 7.98. The van der Waals surface area contributed by atoms with Crippen molar-refractivity contribution >= 4 is 46.8 Å². The minimum absolute atomic E-state index is 0. The number of aryl methyl sites for hydroxylation is 1. The molecule has 1 aliphatic rings. The van der Waals surface area contributed by atoms with Gasteiger partial charge in [0.15, 0.2) is 5.65 Å². The van der Waals surface area contributed by atoms with Gasteiger partial charge in [-0.1, -0.05) is 11.6 Å². The largest absolute Gasteiger partial charge is 0.493 e. The van der Waals surface area contributed by atoms with Crippen LogP contribution < -0.4 is 15.8 Å². The van der Waals surface area contributed by atoms with E-state index in [9.17, 15) is 4.79 Å². The van der Waals surface area contributed by atoms with Crippen molar-refractivity contribution < 1.29 is 13.9 Å². The van der Waals surface area contributed by atoms with Crippen LogP contribution in [-0.4, -0.2) is 38.8 Å². The van der Waals surface area contributed by atoms with Crippen molar-refractivity contribution in [3.63, 3.8) is 0 Å². The van der Waals surface area contributed by atoms with E-state index in [-0.39, 0.29) is 41.7 Å². The van der Waals surface area contributed by atoms with E-state index in [0.29, 0.717) is 52.6 Å². The Hall–Kier alpha value is -2.65. The van der Waals surface area contributed by atoms with Gasteiger partial charge in [-0.25, -0.2) is 19.0 Å². The SMILES string of the molecule is CCOc1c([C@H](C)n2nc(C)c3c(N)ncnc32)cc(Cl)c(F)c1C1CNC(=O)C1.Cl. The molecule has 1 unspecified atom stereocenters. The first-order chi connectivity index (χ1) is 14.3. The molecule has 0 aliphatic carbocycles. The third-order valence-electron chi connectivity index (χ3n) is 5.42. The van der Waals surface area contributed by atoms with Crippen LogP contribution in [-0.2, 0) is 4.79 Å². The Labute approximate surface area is 189 Å². The van der Waals surface area contributed by atoms with Crippen LogP contribution >= 0.6 is 24.0 Å². The van der Waals surface area contributed by atoms with E-state index in [0.717, 1.165) is 0 Å². The molecule has 31 heavy (non-hydrogen) atoms. The fourth-order valence-corrected chi connectivity index (χ4v) is 4.23. The molecule has 1 amide bonds. The zero-order valence-corrected chi connectivity index (χ0v) is 18.9. The van der Waals surface area contributed by atoms with E-state index >= 15 is 4.39 Å². The summed E-state index contributed by atoms with van der Waals surface area (Å²) in [7, 11) is 0. The van der Waals surface area contributed by atoms with Gasteiger partial charge in [0.1, 0.15) is 23.7 Å². The number of aromatic nitrogens is 4. The third-order valence-corrected chi connectivity index (χ3v) is 5.69. The fraction of sp³-hybridized carbons (Fsp3) is 0.400. The summed E-state index contributed by atoms with van der Waals surface area (Å²) in [6.07, 6.45) is 1.56. The number of nitrogens with zero attached hydrogens (tertiary/aromatic N) is 4. The Kier molecular flexibility index (Phi) is 6.56. The zero-order valence-electron chi connectivity index (χ0n) is 17.3. The molecule has 1 aromatic carbocycles. The molecule has 1 fully saturated rings. The topological polar surface area (TPSA) is 108 Å². The van der Waals surface area contributed by atoms with E-state index in [1.807, 2.05) is 20.8 Å². The summed E-state index contributed by atoms with van der Waals surface area (Å²) in [4.78, 5) is 20.1. The third kappa shape index (κ3) is 3.87. The van der Waals surface area contributed by atoms with Gasteiger partial charge in [-0.05, 0) is 26.8 Å². The van der Waals surface area contributed by atoms with Crippen LogP contribution in [0, 0.1) is 12.7 Å². The highest BCUT2D eigenvalue weighted by atomic mass is 35.5. The van der Waals surface area contributed by atoms with Crippen molar-refractivity contribution in [3.05, 3.63) is 40.1 Å². The molecule has 11 heteroatoms. The van der Waals surface area contributed by atoms with Gasteiger partial charge in [-0.15, -0.1) is 12.4 Å². The first-order valence-corrected chi connectivity index (χ1v) is 10.1. The molecular formula is C20H23Cl2FN6O2. The molecule has 0 bridgehead atoms. The maximum atomic E-state index is 15.1. The van der Waals surface area contributed by atoms with E-state index in [2.05, 4.69) is 20.4 Å². The van der Waals surface area contributed by atoms with Crippen LogP contribution in [0.1, 0.15) is 49.0 Å². The van der Waals surface area contributed by atoms with Gasteiger partial charge in [-0.3, -0.25) is 4.79 Å². The van der Waals surface area contributed by atoms with Gasteiger partial charge in [0.25, 0.3) is 0 Å². The average Bonchev–Trinajstić information content (AvgIpc) is 3.28. The molecule has 3 heterocycles. The van der Waals surface area contributed by atoms with Gasteiger partial charge in [0, 0.05) is 30.0 Å². The number of benzene rings is 1. The van der Waals surface area contributed by atoms with Crippen LogP contribution in [0.5, 0.6) is 5.75 Å². The molecule has 2 atom stereocenters. The van der Waals surface area contributed by atoms with Gasteiger partial charge in [0.2, 0.25) is 5.91 Å². The van der Waals surface area contributed by atoms with Crippen molar-refractivity contribution in [2.45, 2.75) is 39.2 Å². The average molecular weight is 469 g/mol. The summed E-state index contributed by atoms with van der Waals surface area (Å²) >= 11 is 6.27. The van der Waals surface area contributed by atoms with Crippen molar-refractivity contribution in [2.24, 2.45) is 0 Å². The van der Waals surface area contributed by atoms with E-state index in [1.54, 1.807) is 10.7 Å². The summed E-state index contributed by atoms with van der Waals surface area (Å²) in [6, 6.07) is 1.16. The highest BCUT2D eigenvalue weighted by Crippen LogP contribution is 2.43. The Morgan fingerprint density at radius 2 is 2.19 bits per heavy atom. The number of ether oxygens (including phenoxy) is 1. The molecule has 0 saturated carbocycles. The predicted octanol–water partition coefficient (Wildman–Crippen LogP) is 3.54. The number of nitrogens with one attached hydrogen (secondary N) is 1. The minimum Gasteiger partial charge on any atom is -0.493 e. The first kappa shape index (κ1) is 23.0. The Morgan fingerprint density at radius 3 is 2.84 bits per heavy atom. The molecule has 0 radical (unpaired) electrons. The maximum absolute atomic E-state index is 15.1. The Morgan fingerprint density at radius 1 is 1.45 bits per heavy atom. The van der Waals surface area contributed by atoms with Crippen molar-refractivity contribution in [1.29, 1.82) is 0 Å². The normalized spacial score (nSPS) is 16.8. The van der Waals surface area contributed by atoms with E-state index in [4.69, 9.17) is 22.1 Å². The molecule has 4 rings (SSSR count). The van der Waals surface area contributed by atoms with Gasteiger partial charge < -0.3 is 15.8 Å². The second-order valence-corrected chi connectivity index (χ2v) is 7.71. The number of carbonyl (C=O) groups is 1. The molecule has 3 aromatic rings. The number of fused-ring (bicyclic) bond motifs is 1. The monoisotopic (exact) mass is 468 g/mol.